The van der Waals surface area contributed by atoms with Crippen LogP contribution in [-0.4, -0.2) is 36.3 Å². The second kappa shape index (κ2) is 6.93. The fourth-order valence-electron chi connectivity index (χ4n) is 2.76. The topological polar surface area (TPSA) is 105 Å². The van der Waals surface area contributed by atoms with E-state index in [0.29, 0.717) is 23.9 Å². The molecule has 1 saturated carbocycles. The van der Waals surface area contributed by atoms with E-state index in [9.17, 15) is 13.5 Å². The normalized spacial score (nSPS) is 23.1. The number of aliphatic hydroxyl groups excluding tert-OH is 1. The quantitative estimate of drug-likeness (QED) is 0.734. The van der Waals surface area contributed by atoms with Gasteiger partial charge in [-0.3, -0.25) is 0 Å². The molecule has 0 aromatic carbocycles. The number of sulfone groups is 1. The molecular formula is C13H23N3O3S2. The summed E-state index contributed by atoms with van der Waals surface area (Å²) in [6.07, 6.45) is 4.00. The minimum atomic E-state index is -3.38. The van der Waals surface area contributed by atoms with Crippen LogP contribution >= 0.6 is 11.5 Å². The lowest BCUT2D eigenvalue weighted by atomic mass is 9.87. The molecule has 1 aromatic heterocycles. The van der Waals surface area contributed by atoms with E-state index in [0.717, 1.165) is 37.2 Å². The standard InChI is InChI=1S/C13H23N3O3S2/c1-2-6-21(18,19)11-12(14)16-20-13(11)15-8-9-4-3-5-10(17)7-9/h9-10,15,17H,2-8H2,1H3,(H2,14,16). The summed E-state index contributed by atoms with van der Waals surface area (Å²) < 4.78 is 28.5. The van der Waals surface area contributed by atoms with Crippen molar-refractivity contribution in [3.8, 4) is 0 Å². The van der Waals surface area contributed by atoms with Crippen molar-refractivity contribution in [3.05, 3.63) is 0 Å². The highest BCUT2D eigenvalue weighted by Crippen LogP contribution is 2.33. The number of anilines is 2. The van der Waals surface area contributed by atoms with Crippen LogP contribution in [0.2, 0.25) is 0 Å². The van der Waals surface area contributed by atoms with Crippen LogP contribution in [0.15, 0.2) is 4.90 Å². The van der Waals surface area contributed by atoms with E-state index in [-0.39, 0.29) is 22.6 Å². The van der Waals surface area contributed by atoms with Crippen LogP contribution < -0.4 is 11.1 Å². The fraction of sp³-hybridized carbons (Fsp3) is 0.769. The fourth-order valence-corrected chi connectivity index (χ4v) is 5.39. The monoisotopic (exact) mass is 333 g/mol. The highest BCUT2D eigenvalue weighted by molar-refractivity contribution is 7.91. The first kappa shape index (κ1) is 16.5. The molecule has 2 unspecified atom stereocenters. The van der Waals surface area contributed by atoms with Gasteiger partial charge in [0.25, 0.3) is 0 Å². The summed E-state index contributed by atoms with van der Waals surface area (Å²) >= 11 is 1.09. The Morgan fingerprint density at radius 3 is 2.90 bits per heavy atom. The number of aromatic nitrogens is 1. The number of nitrogens with zero attached hydrogens (tertiary/aromatic N) is 1. The van der Waals surface area contributed by atoms with Crippen molar-refractivity contribution < 1.29 is 13.5 Å². The third-order valence-electron chi connectivity index (χ3n) is 3.76. The molecule has 6 nitrogen and oxygen atoms in total. The van der Waals surface area contributed by atoms with Gasteiger partial charge in [0.05, 0.1) is 11.9 Å². The third kappa shape index (κ3) is 4.08. The van der Waals surface area contributed by atoms with Gasteiger partial charge in [0, 0.05) is 6.54 Å². The first-order valence-corrected chi connectivity index (χ1v) is 9.76. The van der Waals surface area contributed by atoms with E-state index in [1.165, 1.54) is 0 Å². The molecule has 1 aliphatic rings. The van der Waals surface area contributed by atoms with Crippen LogP contribution in [0.4, 0.5) is 10.8 Å². The highest BCUT2D eigenvalue weighted by atomic mass is 32.2. The highest BCUT2D eigenvalue weighted by Gasteiger charge is 2.26. The van der Waals surface area contributed by atoms with Crippen LogP contribution in [0.3, 0.4) is 0 Å². The first-order valence-electron chi connectivity index (χ1n) is 7.34. The lowest BCUT2D eigenvalue weighted by molar-refractivity contribution is 0.105. The van der Waals surface area contributed by atoms with Gasteiger partial charge >= 0.3 is 0 Å². The number of hydrogen-bond donors (Lipinski definition) is 3. The number of nitrogens with one attached hydrogen (secondary N) is 1. The van der Waals surface area contributed by atoms with E-state index in [4.69, 9.17) is 5.73 Å². The van der Waals surface area contributed by atoms with E-state index in [2.05, 4.69) is 9.69 Å². The predicted octanol–water partition coefficient (Wildman–Crippen LogP) is 1.87. The molecule has 0 saturated heterocycles. The van der Waals surface area contributed by atoms with Gasteiger partial charge in [-0.15, -0.1) is 0 Å². The van der Waals surface area contributed by atoms with Crippen molar-refractivity contribution in [1.82, 2.24) is 4.37 Å². The van der Waals surface area contributed by atoms with E-state index in [1.807, 2.05) is 6.92 Å². The minimum Gasteiger partial charge on any atom is -0.393 e. The number of hydrogen-bond acceptors (Lipinski definition) is 7. The molecule has 21 heavy (non-hydrogen) atoms. The molecule has 8 heteroatoms. The summed E-state index contributed by atoms with van der Waals surface area (Å²) in [5, 5.41) is 13.4. The zero-order valence-corrected chi connectivity index (χ0v) is 13.8. The smallest absolute Gasteiger partial charge is 0.185 e. The Morgan fingerprint density at radius 1 is 1.48 bits per heavy atom. The number of nitrogen functional groups attached to an aromatic ring is 1. The second-order valence-corrected chi connectivity index (χ2v) is 8.43. The lowest BCUT2D eigenvalue weighted by Gasteiger charge is -2.26. The lowest BCUT2D eigenvalue weighted by Crippen LogP contribution is -2.25. The Hall–Kier alpha value is -0.860. The molecule has 0 aliphatic heterocycles. The van der Waals surface area contributed by atoms with Gasteiger partial charge in [0.1, 0.15) is 9.90 Å². The van der Waals surface area contributed by atoms with Crippen LogP contribution in [-0.2, 0) is 9.84 Å². The predicted molar refractivity (Wildman–Crippen MR) is 85.3 cm³/mol. The molecule has 0 bridgehead atoms. The Kier molecular flexibility index (Phi) is 5.45. The number of rotatable bonds is 6. The molecule has 2 rings (SSSR count). The van der Waals surface area contributed by atoms with Crippen molar-refractivity contribution in [2.45, 2.75) is 50.0 Å². The molecule has 120 valence electrons. The average Bonchev–Trinajstić information content (AvgIpc) is 2.78. The Balaban J connectivity index is 2.07. The molecule has 1 fully saturated rings. The molecule has 2 atom stereocenters. The molecule has 1 aliphatic carbocycles. The van der Waals surface area contributed by atoms with Crippen molar-refractivity contribution in [2.75, 3.05) is 23.3 Å². The van der Waals surface area contributed by atoms with Crippen LogP contribution in [0.1, 0.15) is 39.0 Å². The van der Waals surface area contributed by atoms with Crippen LogP contribution in [0.5, 0.6) is 0 Å². The first-order chi connectivity index (χ1) is 9.94. The van der Waals surface area contributed by atoms with Crippen LogP contribution in [0.25, 0.3) is 0 Å². The zero-order valence-electron chi connectivity index (χ0n) is 12.2. The van der Waals surface area contributed by atoms with E-state index in [1.54, 1.807) is 0 Å². The van der Waals surface area contributed by atoms with Gasteiger partial charge in [-0.1, -0.05) is 13.3 Å². The van der Waals surface area contributed by atoms with Crippen molar-refractivity contribution >= 4 is 32.2 Å². The molecule has 1 aromatic rings. The molecule has 0 spiro atoms. The molecule has 0 radical (unpaired) electrons. The van der Waals surface area contributed by atoms with E-state index >= 15 is 0 Å². The Bertz CT molecular complexity index is 571. The van der Waals surface area contributed by atoms with Gasteiger partial charge in [-0.2, -0.15) is 4.37 Å². The van der Waals surface area contributed by atoms with Gasteiger partial charge in [0.2, 0.25) is 0 Å². The molecule has 1 heterocycles. The Morgan fingerprint density at radius 2 is 2.24 bits per heavy atom. The second-order valence-electron chi connectivity index (χ2n) is 5.61. The molecule has 0 amide bonds. The largest absolute Gasteiger partial charge is 0.393 e. The maximum absolute atomic E-state index is 12.2. The summed E-state index contributed by atoms with van der Waals surface area (Å²) in [5.41, 5.74) is 5.73. The average molecular weight is 333 g/mol. The van der Waals surface area contributed by atoms with Crippen LogP contribution in [0, 0.1) is 5.92 Å². The van der Waals surface area contributed by atoms with Gasteiger partial charge < -0.3 is 16.2 Å². The third-order valence-corrected chi connectivity index (χ3v) is 6.69. The maximum Gasteiger partial charge on any atom is 0.185 e. The van der Waals surface area contributed by atoms with Gasteiger partial charge in [-0.25, -0.2) is 8.42 Å². The summed E-state index contributed by atoms with van der Waals surface area (Å²) in [7, 11) is -3.38. The number of nitrogens with two attached hydrogens (primary N) is 1. The number of aliphatic hydroxyl groups is 1. The minimum absolute atomic E-state index is 0.0758. The zero-order chi connectivity index (χ0) is 15.5. The van der Waals surface area contributed by atoms with E-state index < -0.39 is 9.84 Å². The maximum atomic E-state index is 12.2. The SMILES string of the molecule is CCCS(=O)(=O)c1c(N)nsc1NCC1CCCC(O)C1. The summed E-state index contributed by atoms with van der Waals surface area (Å²) in [5.74, 6) is 0.519. The molecular weight excluding hydrogens is 310 g/mol. The van der Waals surface area contributed by atoms with Gasteiger partial charge in [-0.05, 0) is 43.1 Å². The van der Waals surface area contributed by atoms with Crippen molar-refractivity contribution in [1.29, 1.82) is 0 Å². The van der Waals surface area contributed by atoms with Gasteiger partial charge in [0.15, 0.2) is 15.7 Å². The molecule has 4 N–H and O–H groups in total. The van der Waals surface area contributed by atoms with Crippen molar-refractivity contribution in [2.24, 2.45) is 5.92 Å². The summed E-state index contributed by atoms with van der Waals surface area (Å²) in [6, 6.07) is 0. The Labute approximate surface area is 129 Å². The summed E-state index contributed by atoms with van der Waals surface area (Å²) in [4.78, 5) is 0.144. The summed E-state index contributed by atoms with van der Waals surface area (Å²) in [6.45, 7) is 2.47. The van der Waals surface area contributed by atoms with Crippen molar-refractivity contribution in [3.63, 3.8) is 0 Å².